The fourth-order valence-corrected chi connectivity index (χ4v) is 32.7. The Bertz CT molecular complexity index is 4110. The van der Waals surface area contributed by atoms with Gasteiger partial charge in [-0.25, -0.2) is 5.46 Å². The summed E-state index contributed by atoms with van der Waals surface area (Å²) in [5.41, 5.74) is 4.26. The first-order chi connectivity index (χ1) is 52.3. The molecule has 0 bridgehead atoms. The summed E-state index contributed by atoms with van der Waals surface area (Å²) in [5, 5.41) is 16.3. The molecule has 0 saturated carbocycles. The van der Waals surface area contributed by atoms with Gasteiger partial charge in [0.1, 0.15) is 23.0 Å². The van der Waals surface area contributed by atoms with Crippen LogP contribution in [0.15, 0.2) is 387 Å². The molecule has 107 heavy (non-hydrogen) atoms. The topological polar surface area (TPSA) is 81.3 Å². The van der Waals surface area contributed by atoms with Gasteiger partial charge in [0.2, 0.25) is 7.41 Å². The molecule has 1 aliphatic rings. The van der Waals surface area contributed by atoms with Crippen LogP contribution in [-0.4, -0.2) is 37.5 Å². The first kappa shape index (κ1) is 86.0. The molecule has 0 aliphatic carbocycles. The molecule has 13 aromatic rings. The second-order valence-corrected chi connectivity index (χ2v) is 38.9. The second-order valence-electron chi connectivity index (χ2n) is 25.8. The van der Waals surface area contributed by atoms with Gasteiger partial charge in [0.25, 0.3) is 0 Å². The van der Waals surface area contributed by atoms with Crippen LogP contribution in [0.4, 0.5) is 0 Å². The van der Waals surface area contributed by atoms with Crippen molar-refractivity contribution in [3.63, 3.8) is 0 Å². The van der Waals surface area contributed by atoms with E-state index in [2.05, 4.69) is 430 Å². The summed E-state index contributed by atoms with van der Waals surface area (Å²) >= 11 is 0. The van der Waals surface area contributed by atoms with E-state index < -0.39 is 44.4 Å². The maximum Gasteiger partial charge on any atom is 0.228 e. The molecule has 1 fully saturated rings. The van der Waals surface area contributed by atoms with Crippen molar-refractivity contribution in [1.29, 1.82) is 0 Å². The quantitative estimate of drug-likeness (QED) is 0.0288. The summed E-state index contributed by atoms with van der Waals surface area (Å²) in [6.07, 6.45) is 5.45. The van der Waals surface area contributed by atoms with E-state index in [1.807, 2.05) is 0 Å². The fourth-order valence-electron chi connectivity index (χ4n) is 13.8. The van der Waals surface area contributed by atoms with Crippen LogP contribution in [0.2, 0.25) is 0 Å². The van der Waals surface area contributed by atoms with Gasteiger partial charge in [0.15, 0.2) is 0 Å². The molecule has 538 valence electrons. The summed E-state index contributed by atoms with van der Waals surface area (Å²) in [7, 11) is -7.00. The molecule has 13 aromatic carbocycles. The third kappa shape index (κ3) is 23.9. The summed E-state index contributed by atoms with van der Waals surface area (Å²) in [6.45, 7) is 24.5. The van der Waals surface area contributed by atoms with Crippen LogP contribution in [0.25, 0.3) is 0 Å². The van der Waals surface area contributed by atoms with E-state index in [1.165, 1.54) is 107 Å². The van der Waals surface area contributed by atoms with Crippen LogP contribution in [0, 0.1) is 33.8 Å². The number of nitrogens with zero attached hydrogens (tertiary/aromatic N) is 1. The number of rotatable bonds is 22. The summed E-state index contributed by atoms with van der Waals surface area (Å²) in [4.78, 5) is 0. The Kier molecular flexibility index (Phi) is 38.2. The summed E-state index contributed by atoms with van der Waals surface area (Å²) in [6, 6.07) is 145. The fraction of sp³-hybridized carbons (Fsp3) is 0.147. The first-order valence-electron chi connectivity index (χ1n) is 36.3. The number of ether oxygens (including phenoxy) is 1. The largest absolute Gasteiger partial charge is 0.228 e. The summed E-state index contributed by atoms with van der Waals surface area (Å²) in [5.74, 6) is 0. The number of benzene rings is 13. The number of hydrogen-bond acceptors (Lipinski definition) is 2. The Hall–Kier alpha value is -8.26. The van der Waals surface area contributed by atoms with Crippen molar-refractivity contribution in [2.75, 3.05) is 31.4 Å². The molecule has 5 nitrogen and oxygen atoms in total. The van der Waals surface area contributed by atoms with Crippen molar-refractivity contribution < 1.29 is 39.8 Å². The van der Waals surface area contributed by atoms with Gasteiger partial charge in [-0.1, -0.05) is 414 Å². The van der Waals surface area contributed by atoms with E-state index in [9.17, 15) is 0 Å². The molecule has 0 unspecified atom stereocenters. The molecule has 12 heteroatoms. The van der Waals surface area contributed by atoms with Crippen LogP contribution in [0.5, 0.6) is 0 Å². The minimum absolute atomic E-state index is 0. The molecule has 1 aliphatic heterocycles. The number of aryl methyl sites for hydroxylation is 2. The van der Waals surface area contributed by atoms with E-state index in [1.54, 1.807) is 5.46 Å². The molecule has 0 radical (unpaired) electrons. The molecule has 1 heterocycles. The number of unbranched alkanes of at least 4 members (excludes halogenated alkanes) is 2. The molecule has 1 saturated heterocycles. The van der Waals surface area contributed by atoms with E-state index in [4.69, 9.17) is 23.2 Å². The average Bonchev–Trinajstić information content (AvgIpc) is 1.15. The third-order valence-corrected chi connectivity index (χ3v) is 35.7. The van der Waals surface area contributed by atoms with Crippen LogP contribution in [-0.2, 0) is 39.8 Å². The minimum Gasteiger partial charge on any atom is -0.121 e. The first-order valence-corrected chi connectivity index (χ1v) is 44.4. The zero-order valence-corrected chi connectivity index (χ0v) is 69.2. The average molecular weight is 1660 g/mol. The normalized spacial score (nSPS) is 11.4. The Morgan fingerprint density at radius 2 is 0.551 bits per heavy atom. The zero-order valence-electron chi connectivity index (χ0n) is 61.7. The van der Waals surface area contributed by atoms with Gasteiger partial charge in [-0.2, -0.15) is 0 Å². The van der Waals surface area contributed by atoms with E-state index in [0.29, 0.717) is 0 Å². The predicted molar refractivity (Wildman–Crippen MR) is 463 cm³/mol. The van der Waals surface area contributed by atoms with Crippen molar-refractivity contribution in [2.45, 2.75) is 59.8 Å². The second kappa shape index (κ2) is 47.5. The molecule has 0 aromatic heterocycles. The van der Waals surface area contributed by atoms with Gasteiger partial charge in [-0.15, -0.1) is 22.7 Å². The number of hydrogen-bond donors (Lipinski definition) is 0. The monoisotopic (exact) mass is 1660 g/mol. The summed E-state index contributed by atoms with van der Waals surface area (Å²) < 4.78 is 33.8. The van der Waals surface area contributed by atoms with Gasteiger partial charge in [-0.3, -0.25) is 0 Å². The van der Waals surface area contributed by atoms with Gasteiger partial charge < -0.3 is 4.74 Å². The zero-order chi connectivity index (χ0) is 74.9. The molecule has 0 spiro atoms. The van der Waals surface area contributed by atoms with Crippen LogP contribution in [0.3, 0.4) is 0 Å². The van der Waals surface area contributed by atoms with Gasteiger partial charge in [0.05, 0.1) is 0 Å². The smallest absolute Gasteiger partial charge is 0.121 e. The molecule has 14 rings (SSSR count). The van der Waals surface area contributed by atoms with Crippen LogP contribution < -0.4 is 69.1 Å². The van der Waals surface area contributed by atoms with Crippen LogP contribution >= 0.6 is 38.2 Å². The molecule has 0 amide bonds. The van der Waals surface area contributed by atoms with Gasteiger partial charge in [-0.05, 0) is 94.9 Å². The van der Waals surface area contributed by atoms with Crippen molar-refractivity contribution in [1.82, 2.24) is 0 Å². The van der Waals surface area contributed by atoms with Crippen molar-refractivity contribution in [2.24, 2.45) is 4.52 Å². The Labute approximate surface area is 657 Å². The predicted octanol–water partition coefficient (Wildman–Crippen LogP) is 18.9. The molecular formula is C95H95BNO4P5W. The Morgan fingerprint density at radius 1 is 0.336 bits per heavy atom. The third-order valence-electron chi connectivity index (χ3n) is 18.5. The molecular weight excluding hydrogens is 1570 g/mol. The van der Waals surface area contributed by atoms with Crippen molar-refractivity contribution in [3.05, 3.63) is 413 Å². The molecule has 0 atom stereocenters. The maximum atomic E-state index is 7.50. The van der Waals surface area contributed by atoms with E-state index in [-0.39, 0.29) is 21.1 Å². The SMILES string of the molecule is C1CCOC1.CCCCC.Cc1cc(C)cc([B-](CP(c2ccccc2)c2ccccc2)(CP(c2ccccc2)c2ccccc2)CP(c2ccccc2)c2ccccc2)c1.[C-]#[O+].[C-]#[O+].[C-]#[O+].[W].c1ccc(P(=N[P+](c2ccccc2)(c2ccccc2)c2ccccc2)(c2ccccc2)c2ccccc2)cc1. The van der Waals surface area contributed by atoms with Gasteiger partial charge >= 0.3 is 33.9 Å². The van der Waals surface area contributed by atoms with E-state index >= 15 is 0 Å². The maximum absolute atomic E-state index is 7.50. The minimum atomic E-state index is -2.50. The van der Waals surface area contributed by atoms with Gasteiger partial charge in [0, 0.05) is 56.3 Å². The molecule has 0 N–H and O–H groups in total. The Morgan fingerprint density at radius 3 is 0.748 bits per heavy atom. The van der Waals surface area contributed by atoms with Crippen LogP contribution in [0.1, 0.15) is 57.1 Å². The van der Waals surface area contributed by atoms with Crippen molar-refractivity contribution >= 4 is 113 Å². The Balaban J connectivity index is 0.000000252. The van der Waals surface area contributed by atoms with E-state index in [0.717, 1.165) is 31.4 Å². The van der Waals surface area contributed by atoms with Crippen molar-refractivity contribution in [3.8, 4) is 0 Å². The standard InChI is InChI=1S/C47H45BP3.C36H30NP2.C5H12.C4H8O.3CO.W/c1-39-33-40(2)35-41(34-39)48(36-49(42-21-9-3-10-22-42)43-23-11-4-12-24-43,37-50(44-25-13-5-14-26-44)45-27-15-6-16-28-45)38-51(46-29-17-7-18-30-46)47-31-19-8-20-32-47;1-7-19-31(20-8-1)38(32-21-9-2-10-22-32,33-23-11-3-12-24-33)37-39(34-25-13-4-14-26-34,35-27-15-5-16-28-35)36-29-17-6-18-30-36;1-3-5-4-2;1-2-4-5-3-1;3*1-2;/h3-35H,36-38H2,1-2H3;1-30H;3-5H2,1-2H3;1-4H2;;;;/q-1;+1;;;;;;.